The van der Waals surface area contributed by atoms with Crippen LogP contribution in [0.4, 0.5) is 0 Å². The van der Waals surface area contributed by atoms with Gasteiger partial charge in [-0.1, -0.05) is 30.0 Å². The number of hydrogen-bond acceptors (Lipinski definition) is 5. The summed E-state index contributed by atoms with van der Waals surface area (Å²) in [6.07, 6.45) is 5.97. The second-order valence-corrected chi connectivity index (χ2v) is 5.92. The van der Waals surface area contributed by atoms with Gasteiger partial charge < -0.3 is 4.74 Å². The molecule has 2 heterocycles. The summed E-state index contributed by atoms with van der Waals surface area (Å²) in [4.78, 5) is 22.1. The molecule has 1 aliphatic heterocycles. The SMILES string of the molecule is CSc1ncc(C(=O)NOC2CCCCO2)n1-c1ccccc1. The lowest BCUT2D eigenvalue weighted by Gasteiger charge is -2.22. The highest BCUT2D eigenvalue weighted by Crippen LogP contribution is 2.21. The molecule has 1 amide bonds. The molecule has 0 aliphatic carbocycles. The Balaban J connectivity index is 1.76. The van der Waals surface area contributed by atoms with Crippen LogP contribution >= 0.6 is 11.8 Å². The van der Waals surface area contributed by atoms with Crippen LogP contribution in [0.25, 0.3) is 5.69 Å². The molecule has 1 atom stereocenters. The molecular formula is C16H19N3O3S. The summed E-state index contributed by atoms with van der Waals surface area (Å²) in [6.45, 7) is 0.666. The zero-order valence-corrected chi connectivity index (χ0v) is 13.7. The highest BCUT2D eigenvalue weighted by atomic mass is 32.2. The van der Waals surface area contributed by atoms with Crippen molar-refractivity contribution in [1.82, 2.24) is 15.0 Å². The fourth-order valence-corrected chi connectivity index (χ4v) is 2.99. The van der Waals surface area contributed by atoms with Crippen LogP contribution in [0.2, 0.25) is 0 Å². The second kappa shape index (κ2) is 7.63. The number of imidazole rings is 1. The number of nitrogens with zero attached hydrogens (tertiary/aromatic N) is 2. The van der Waals surface area contributed by atoms with E-state index in [2.05, 4.69) is 10.5 Å². The second-order valence-electron chi connectivity index (χ2n) is 5.15. The normalized spacial score (nSPS) is 17.9. The summed E-state index contributed by atoms with van der Waals surface area (Å²) < 4.78 is 7.25. The molecule has 3 rings (SSSR count). The van der Waals surface area contributed by atoms with Crippen LogP contribution in [-0.4, -0.2) is 34.6 Å². The summed E-state index contributed by atoms with van der Waals surface area (Å²) in [5.41, 5.74) is 3.79. The van der Waals surface area contributed by atoms with Crippen LogP contribution in [0.5, 0.6) is 0 Å². The van der Waals surface area contributed by atoms with Crippen molar-refractivity contribution in [1.29, 1.82) is 0 Å². The van der Waals surface area contributed by atoms with E-state index in [9.17, 15) is 4.79 Å². The van der Waals surface area contributed by atoms with Gasteiger partial charge in [-0.2, -0.15) is 0 Å². The van der Waals surface area contributed by atoms with Crippen molar-refractivity contribution >= 4 is 17.7 Å². The van der Waals surface area contributed by atoms with E-state index >= 15 is 0 Å². The zero-order valence-electron chi connectivity index (χ0n) is 12.9. The molecule has 0 radical (unpaired) electrons. The lowest BCUT2D eigenvalue weighted by Crippen LogP contribution is -2.34. The van der Waals surface area contributed by atoms with E-state index in [1.807, 2.05) is 41.2 Å². The summed E-state index contributed by atoms with van der Waals surface area (Å²) in [6, 6.07) is 9.65. The Bertz CT molecular complexity index is 654. The first-order chi connectivity index (χ1) is 11.3. The molecule has 0 bridgehead atoms. The Kier molecular flexibility index (Phi) is 5.32. The maximum absolute atomic E-state index is 12.4. The molecular weight excluding hydrogens is 314 g/mol. The largest absolute Gasteiger partial charge is 0.350 e. The maximum Gasteiger partial charge on any atom is 0.293 e. The van der Waals surface area contributed by atoms with Gasteiger partial charge in [0.25, 0.3) is 5.91 Å². The monoisotopic (exact) mass is 333 g/mol. The third kappa shape index (κ3) is 3.74. The van der Waals surface area contributed by atoms with E-state index in [1.165, 1.54) is 11.8 Å². The van der Waals surface area contributed by atoms with E-state index in [0.29, 0.717) is 12.3 Å². The Morgan fingerprint density at radius 2 is 2.22 bits per heavy atom. The van der Waals surface area contributed by atoms with Crippen molar-refractivity contribution in [2.75, 3.05) is 12.9 Å². The number of hydroxylamine groups is 1. The van der Waals surface area contributed by atoms with Gasteiger partial charge in [-0.25, -0.2) is 15.3 Å². The minimum Gasteiger partial charge on any atom is -0.350 e. The summed E-state index contributed by atoms with van der Waals surface area (Å²) in [5.74, 6) is -0.337. The lowest BCUT2D eigenvalue weighted by atomic mass is 10.2. The van der Waals surface area contributed by atoms with E-state index in [4.69, 9.17) is 9.57 Å². The predicted molar refractivity (Wildman–Crippen MR) is 87.5 cm³/mol. The number of carbonyl (C=O) groups is 1. The number of para-hydroxylation sites is 1. The van der Waals surface area contributed by atoms with Gasteiger partial charge in [-0.3, -0.25) is 9.36 Å². The van der Waals surface area contributed by atoms with Crippen molar-refractivity contribution in [2.45, 2.75) is 30.7 Å². The van der Waals surface area contributed by atoms with Crippen LogP contribution in [0.1, 0.15) is 29.8 Å². The maximum atomic E-state index is 12.4. The molecule has 0 spiro atoms. The molecule has 1 fully saturated rings. The molecule has 1 aromatic carbocycles. The molecule has 1 aromatic heterocycles. The molecule has 7 heteroatoms. The minimum absolute atomic E-state index is 0.337. The summed E-state index contributed by atoms with van der Waals surface area (Å²) in [5, 5.41) is 0.746. The minimum atomic E-state index is -0.374. The Morgan fingerprint density at radius 3 is 2.91 bits per heavy atom. The molecule has 0 saturated carbocycles. The lowest BCUT2D eigenvalue weighted by molar-refractivity contribution is -0.186. The van der Waals surface area contributed by atoms with E-state index in [1.54, 1.807) is 6.20 Å². The van der Waals surface area contributed by atoms with Crippen molar-refractivity contribution in [3.8, 4) is 5.69 Å². The zero-order chi connectivity index (χ0) is 16.1. The standard InChI is InChI=1S/C16H19N3O3S/c1-23-16-17-11-13(19(16)12-7-3-2-4-8-12)15(20)18-22-14-9-5-6-10-21-14/h2-4,7-8,11,14H,5-6,9-10H2,1H3,(H,18,20). The molecule has 122 valence electrons. The van der Waals surface area contributed by atoms with Crippen LogP contribution in [-0.2, 0) is 9.57 Å². The summed E-state index contributed by atoms with van der Waals surface area (Å²) >= 11 is 1.48. The number of amides is 1. The Hall–Kier alpha value is -1.83. The fourth-order valence-electron chi connectivity index (χ4n) is 2.44. The first-order valence-corrected chi connectivity index (χ1v) is 8.77. The molecule has 1 unspecified atom stereocenters. The van der Waals surface area contributed by atoms with Crippen molar-refractivity contribution in [3.05, 3.63) is 42.2 Å². The number of nitrogens with one attached hydrogen (secondary N) is 1. The average Bonchev–Trinajstić information content (AvgIpc) is 3.05. The molecule has 1 N–H and O–H groups in total. The highest BCUT2D eigenvalue weighted by Gasteiger charge is 2.20. The quantitative estimate of drug-likeness (QED) is 0.673. The van der Waals surface area contributed by atoms with E-state index in [0.717, 1.165) is 30.1 Å². The number of hydrogen-bond donors (Lipinski definition) is 1. The van der Waals surface area contributed by atoms with Gasteiger partial charge in [0, 0.05) is 18.7 Å². The van der Waals surface area contributed by atoms with Gasteiger partial charge in [0.05, 0.1) is 6.20 Å². The van der Waals surface area contributed by atoms with E-state index < -0.39 is 0 Å². The summed E-state index contributed by atoms with van der Waals surface area (Å²) in [7, 11) is 0. The molecule has 1 aliphatic rings. The van der Waals surface area contributed by atoms with Gasteiger partial charge in [-0.15, -0.1) is 0 Å². The molecule has 23 heavy (non-hydrogen) atoms. The van der Waals surface area contributed by atoms with E-state index in [-0.39, 0.29) is 12.2 Å². The van der Waals surface area contributed by atoms with Gasteiger partial charge in [0.15, 0.2) is 11.4 Å². The van der Waals surface area contributed by atoms with Gasteiger partial charge in [0.1, 0.15) is 5.69 Å². The number of aromatic nitrogens is 2. The molecule has 6 nitrogen and oxygen atoms in total. The smallest absolute Gasteiger partial charge is 0.293 e. The predicted octanol–water partition coefficient (Wildman–Crippen LogP) is 2.78. The number of carbonyl (C=O) groups excluding carboxylic acids is 1. The van der Waals surface area contributed by atoms with Gasteiger partial charge in [0.2, 0.25) is 0 Å². The Labute approximate surface area is 139 Å². The van der Waals surface area contributed by atoms with Gasteiger partial charge in [-0.05, 0) is 31.2 Å². The average molecular weight is 333 g/mol. The number of ether oxygens (including phenoxy) is 1. The number of rotatable bonds is 5. The topological polar surface area (TPSA) is 65.4 Å². The van der Waals surface area contributed by atoms with Crippen LogP contribution in [0.15, 0.2) is 41.7 Å². The fraction of sp³-hybridized carbons (Fsp3) is 0.375. The number of thioether (sulfide) groups is 1. The molecule has 1 saturated heterocycles. The third-order valence-electron chi connectivity index (χ3n) is 3.58. The highest BCUT2D eigenvalue weighted by molar-refractivity contribution is 7.98. The van der Waals surface area contributed by atoms with Crippen molar-refractivity contribution in [2.24, 2.45) is 0 Å². The first kappa shape index (κ1) is 16.0. The first-order valence-electron chi connectivity index (χ1n) is 7.54. The van der Waals surface area contributed by atoms with Crippen molar-refractivity contribution in [3.63, 3.8) is 0 Å². The van der Waals surface area contributed by atoms with Gasteiger partial charge >= 0.3 is 0 Å². The van der Waals surface area contributed by atoms with Crippen molar-refractivity contribution < 1.29 is 14.4 Å². The van der Waals surface area contributed by atoms with Crippen LogP contribution < -0.4 is 5.48 Å². The van der Waals surface area contributed by atoms with Crippen LogP contribution in [0.3, 0.4) is 0 Å². The Morgan fingerprint density at radius 1 is 1.39 bits per heavy atom. The molecule has 2 aromatic rings. The number of benzene rings is 1. The third-order valence-corrected chi connectivity index (χ3v) is 4.23. The van der Waals surface area contributed by atoms with Crippen LogP contribution in [0, 0.1) is 0 Å².